The van der Waals surface area contributed by atoms with Crippen molar-refractivity contribution in [2.75, 3.05) is 0 Å². The molecule has 0 bridgehead atoms. The molecule has 3 rings (SSSR count). The number of nitrogens with zero attached hydrogens (tertiary/aromatic N) is 2. The lowest BCUT2D eigenvalue weighted by Crippen LogP contribution is -2.21. The first-order valence-electron chi connectivity index (χ1n) is 6.60. The molecule has 0 fully saturated rings. The van der Waals surface area contributed by atoms with Gasteiger partial charge in [-0.1, -0.05) is 11.2 Å². The third kappa shape index (κ3) is 5.57. The van der Waals surface area contributed by atoms with Gasteiger partial charge in [-0.2, -0.15) is 18.2 Å². The van der Waals surface area contributed by atoms with E-state index in [1.54, 1.807) is 23.6 Å². The molecule has 25 heavy (non-hydrogen) atoms. The Morgan fingerprint density at radius 3 is 2.56 bits per heavy atom. The van der Waals surface area contributed by atoms with E-state index < -0.39 is 12.1 Å². The van der Waals surface area contributed by atoms with Gasteiger partial charge in [-0.05, 0) is 17.5 Å². The van der Waals surface area contributed by atoms with E-state index in [9.17, 15) is 18.0 Å². The minimum Gasteiger partial charge on any atom is -0.475 e. The summed E-state index contributed by atoms with van der Waals surface area (Å²) in [6, 6.07) is 7.10. The number of carboxylic acid groups (broad SMARTS) is 1. The third-order valence-electron chi connectivity index (χ3n) is 2.65. The van der Waals surface area contributed by atoms with Crippen molar-refractivity contribution < 1.29 is 27.6 Å². The number of aromatic nitrogens is 3. The van der Waals surface area contributed by atoms with Gasteiger partial charge in [0, 0.05) is 23.6 Å². The van der Waals surface area contributed by atoms with Crippen molar-refractivity contribution in [3.63, 3.8) is 0 Å². The topological polar surface area (TPSA) is 109 Å². The van der Waals surface area contributed by atoms with E-state index in [-0.39, 0.29) is 5.56 Å². The molecule has 3 aromatic rings. The first-order valence-corrected chi connectivity index (χ1v) is 7.48. The zero-order chi connectivity index (χ0) is 18.4. The van der Waals surface area contributed by atoms with Gasteiger partial charge in [-0.3, -0.25) is 4.79 Å². The number of hydrogen-bond donors (Lipinski definition) is 2. The minimum absolute atomic E-state index is 0.155. The van der Waals surface area contributed by atoms with Crippen molar-refractivity contribution in [1.29, 1.82) is 0 Å². The fourth-order valence-electron chi connectivity index (χ4n) is 1.56. The van der Waals surface area contributed by atoms with E-state index in [1.165, 1.54) is 10.9 Å². The lowest BCUT2D eigenvalue weighted by Gasteiger charge is -1.93. The Balaban J connectivity index is 0.000000277. The Morgan fingerprint density at radius 2 is 2.04 bits per heavy atom. The molecule has 2 N–H and O–H groups in total. The van der Waals surface area contributed by atoms with Gasteiger partial charge >= 0.3 is 12.1 Å². The number of carboxylic acids is 1. The summed E-state index contributed by atoms with van der Waals surface area (Å²) in [5.74, 6) is -1.70. The van der Waals surface area contributed by atoms with E-state index >= 15 is 0 Å². The molecule has 0 unspecified atom stereocenters. The van der Waals surface area contributed by atoms with Crippen LogP contribution in [0.5, 0.6) is 0 Å². The molecular weight excluding hydrogens is 363 g/mol. The zero-order valence-corrected chi connectivity index (χ0v) is 13.1. The fraction of sp³-hybridized carbons (Fsp3) is 0.143. The molecule has 0 atom stereocenters. The van der Waals surface area contributed by atoms with Gasteiger partial charge in [-0.25, -0.2) is 4.79 Å². The van der Waals surface area contributed by atoms with Crippen LogP contribution in [0.15, 0.2) is 45.2 Å². The Kier molecular flexibility index (Phi) is 5.70. The lowest BCUT2D eigenvalue weighted by atomic mass is 10.3. The molecule has 0 aliphatic carbocycles. The minimum atomic E-state index is -5.08. The number of rotatable bonds is 3. The molecule has 132 valence electrons. The van der Waals surface area contributed by atoms with Crippen LogP contribution in [0.25, 0.3) is 11.5 Å². The van der Waals surface area contributed by atoms with E-state index in [0.717, 1.165) is 0 Å². The number of carbonyl (C=O) groups is 1. The van der Waals surface area contributed by atoms with Crippen molar-refractivity contribution in [3.05, 3.63) is 56.9 Å². The second-order valence-corrected chi connectivity index (χ2v) is 5.55. The van der Waals surface area contributed by atoms with Crippen molar-refractivity contribution in [2.45, 2.75) is 12.6 Å². The summed E-state index contributed by atoms with van der Waals surface area (Å²) in [7, 11) is 0. The van der Waals surface area contributed by atoms with Gasteiger partial charge in [-0.15, -0.1) is 11.3 Å². The van der Waals surface area contributed by atoms with Crippen LogP contribution in [0.3, 0.4) is 0 Å². The maximum absolute atomic E-state index is 10.9. The second-order valence-electron chi connectivity index (χ2n) is 4.52. The van der Waals surface area contributed by atoms with Crippen molar-refractivity contribution in [3.8, 4) is 11.5 Å². The first kappa shape index (κ1) is 18.4. The number of thiophene rings is 1. The quantitative estimate of drug-likeness (QED) is 0.731. The van der Waals surface area contributed by atoms with Crippen molar-refractivity contribution in [1.82, 2.24) is 15.1 Å². The molecule has 3 heterocycles. The molecule has 0 radical (unpaired) electrons. The van der Waals surface area contributed by atoms with Gasteiger partial charge in [0.1, 0.15) is 0 Å². The van der Waals surface area contributed by atoms with Crippen LogP contribution in [-0.2, 0) is 11.2 Å². The first-order chi connectivity index (χ1) is 11.8. The summed E-state index contributed by atoms with van der Waals surface area (Å²) in [5.41, 5.74) is 0.552. The Hall–Kier alpha value is -2.95. The summed E-state index contributed by atoms with van der Waals surface area (Å²) >= 11 is 1.66. The number of halogens is 3. The monoisotopic (exact) mass is 373 g/mol. The summed E-state index contributed by atoms with van der Waals surface area (Å²) in [6.45, 7) is 0. The van der Waals surface area contributed by atoms with Crippen molar-refractivity contribution >= 4 is 17.3 Å². The standard InChI is InChI=1S/C12H9N3O2S.C2HF3O2/c16-11-4-3-8(7-13-11)12-14-10(15-17-12)6-9-2-1-5-18-9;3-2(4,5)1(6)7/h1-5,7H,6H2,(H,13,16);(H,6,7). The third-order valence-corrected chi connectivity index (χ3v) is 3.53. The van der Waals surface area contributed by atoms with E-state index in [0.29, 0.717) is 23.7 Å². The van der Waals surface area contributed by atoms with Gasteiger partial charge < -0.3 is 14.6 Å². The number of hydrogen-bond acceptors (Lipinski definition) is 6. The highest BCUT2D eigenvalue weighted by molar-refractivity contribution is 7.09. The smallest absolute Gasteiger partial charge is 0.475 e. The number of nitrogens with one attached hydrogen (secondary N) is 1. The van der Waals surface area contributed by atoms with Crippen LogP contribution in [0, 0.1) is 0 Å². The molecule has 0 amide bonds. The molecule has 3 aromatic heterocycles. The van der Waals surface area contributed by atoms with E-state index in [4.69, 9.17) is 14.4 Å². The van der Waals surface area contributed by atoms with Crippen LogP contribution in [0.4, 0.5) is 13.2 Å². The van der Waals surface area contributed by atoms with E-state index in [1.807, 2.05) is 17.5 Å². The maximum atomic E-state index is 10.9. The highest BCUT2D eigenvalue weighted by atomic mass is 32.1. The molecule has 0 spiro atoms. The van der Waals surface area contributed by atoms with Crippen LogP contribution in [0.2, 0.25) is 0 Å². The van der Waals surface area contributed by atoms with Crippen LogP contribution in [0.1, 0.15) is 10.7 Å². The highest BCUT2D eigenvalue weighted by Gasteiger charge is 2.38. The zero-order valence-electron chi connectivity index (χ0n) is 12.3. The predicted octanol–water partition coefficient (Wildman–Crippen LogP) is 2.71. The molecule has 0 aliphatic heterocycles. The maximum Gasteiger partial charge on any atom is 0.490 e. The van der Waals surface area contributed by atoms with Gasteiger partial charge in [0.15, 0.2) is 5.82 Å². The molecule has 0 aromatic carbocycles. The summed E-state index contributed by atoms with van der Waals surface area (Å²) in [5, 5.41) is 13.1. The average Bonchev–Trinajstić information content (AvgIpc) is 3.20. The molecular formula is C14H10F3N3O4S. The van der Waals surface area contributed by atoms with E-state index in [2.05, 4.69) is 15.1 Å². The number of pyridine rings is 1. The molecule has 0 aliphatic rings. The van der Waals surface area contributed by atoms with Crippen LogP contribution in [-0.4, -0.2) is 32.4 Å². The normalized spacial score (nSPS) is 10.8. The molecule has 11 heteroatoms. The summed E-state index contributed by atoms with van der Waals surface area (Å²) in [6.07, 6.45) is -2.87. The summed E-state index contributed by atoms with van der Waals surface area (Å²) < 4.78 is 36.9. The molecule has 0 saturated heterocycles. The Bertz CT molecular complexity index is 867. The molecule has 7 nitrogen and oxygen atoms in total. The highest BCUT2D eigenvalue weighted by Crippen LogP contribution is 2.17. The number of alkyl halides is 3. The van der Waals surface area contributed by atoms with Gasteiger partial charge in [0.25, 0.3) is 5.89 Å². The largest absolute Gasteiger partial charge is 0.490 e. The van der Waals surface area contributed by atoms with Gasteiger partial charge in [0.05, 0.1) is 5.56 Å². The Labute approximate surface area is 141 Å². The predicted molar refractivity (Wildman–Crippen MR) is 81.2 cm³/mol. The number of aliphatic carboxylic acids is 1. The molecule has 0 saturated carbocycles. The Morgan fingerprint density at radius 1 is 1.32 bits per heavy atom. The number of aromatic amines is 1. The second kappa shape index (κ2) is 7.75. The SMILES string of the molecule is O=C(O)C(F)(F)F.O=c1ccc(-c2nc(Cc3cccs3)no2)c[nH]1. The van der Waals surface area contributed by atoms with Crippen LogP contribution < -0.4 is 5.56 Å². The van der Waals surface area contributed by atoms with Gasteiger partial charge in [0.2, 0.25) is 5.56 Å². The fourth-order valence-corrected chi connectivity index (χ4v) is 2.26. The number of H-pyrrole nitrogens is 1. The van der Waals surface area contributed by atoms with Crippen molar-refractivity contribution in [2.24, 2.45) is 0 Å². The lowest BCUT2D eigenvalue weighted by molar-refractivity contribution is -0.192. The average molecular weight is 373 g/mol. The summed E-state index contributed by atoms with van der Waals surface area (Å²) in [4.78, 5) is 27.9. The van der Waals surface area contributed by atoms with Crippen LogP contribution >= 0.6 is 11.3 Å².